The molecular weight excluding hydrogens is 136 g/mol. The van der Waals surface area contributed by atoms with Gasteiger partial charge in [-0.05, 0) is 18.1 Å². The summed E-state index contributed by atoms with van der Waals surface area (Å²) in [6, 6.07) is 2.78. The second-order valence-corrected chi connectivity index (χ2v) is 3.08. The largest absolute Gasteiger partial charge is 0.365 e. The molecule has 1 aromatic rings. The predicted octanol–water partition coefficient (Wildman–Crippen LogP) is 1.61. The average molecular weight is 150 g/mol. The first-order valence-corrected chi connectivity index (χ1v) is 4.31. The van der Waals surface area contributed by atoms with Crippen molar-refractivity contribution in [2.45, 2.75) is 25.8 Å². The predicted molar refractivity (Wildman–Crippen MR) is 45.5 cm³/mol. The van der Waals surface area contributed by atoms with Crippen molar-refractivity contribution in [2.75, 3.05) is 6.54 Å². The van der Waals surface area contributed by atoms with Crippen LogP contribution < -0.4 is 5.32 Å². The van der Waals surface area contributed by atoms with Gasteiger partial charge in [0.05, 0.1) is 0 Å². The van der Waals surface area contributed by atoms with Gasteiger partial charge in [0, 0.05) is 30.9 Å². The third kappa shape index (κ3) is 1.07. The number of fused-ring (bicyclic) bond motifs is 1. The van der Waals surface area contributed by atoms with E-state index in [-0.39, 0.29) is 0 Å². The summed E-state index contributed by atoms with van der Waals surface area (Å²) in [5, 5.41) is 3.49. The maximum atomic E-state index is 3.49. The number of nitrogens with one attached hydrogen (secondary N) is 2. The molecule has 1 unspecified atom stereocenters. The maximum absolute atomic E-state index is 3.49. The standard InChI is InChI=1S/C9H14N2/c1-2-8-7-3-5-11-9(7)4-6-10-8/h3,5,8,10-11H,2,4,6H2,1H3. The Balaban J connectivity index is 2.32. The van der Waals surface area contributed by atoms with E-state index in [0.717, 1.165) is 13.0 Å². The topological polar surface area (TPSA) is 27.8 Å². The number of rotatable bonds is 1. The van der Waals surface area contributed by atoms with Gasteiger partial charge in [-0.25, -0.2) is 0 Å². The van der Waals surface area contributed by atoms with Gasteiger partial charge < -0.3 is 10.3 Å². The lowest BCUT2D eigenvalue weighted by molar-refractivity contribution is 0.491. The van der Waals surface area contributed by atoms with Gasteiger partial charge in [0.15, 0.2) is 0 Å². The second-order valence-electron chi connectivity index (χ2n) is 3.08. The van der Waals surface area contributed by atoms with Gasteiger partial charge in [-0.3, -0.25) is 0 Å². The van der Waals surface area contributed by atoms with Crippen LogP contribution in [0.15, 0.2) is 12.3 Å². The molecule has 2 N–H and O–H groups in total. The number of aromatic amines is 1. The van der Waals surface area contributed by atoms with Crippen molar-refractivity contribution >= 4 is 0 Å². The van der Waals surface area contributed by atoms with Crippen LogP contribution in [0, 0.1) is 0 Å². The Morgan fingerprint density at radius 3 is 3.36 bits per heavy atom. The molecule has 2 heteroatoms. The summed E-state index contributed by atoms with van der Waals surface area (Å²) >= 11 is 0. The van der Waals surface area contributed by atoms with Crippen molar-refractivity contribution in [3.63, 3.8) is 0 Å². The molecule has 0 saturated heterocycles. The van der Waals surface area contributed by atoms with E-state index < -0.39 is 0 Å². The van der Waals surface area contributed by atoms with Crippen LogP contribution in [0.2, 0.25) is 0 Å². The molecule has 0 bridgehead atoms. The third-order valence-corrected chi connectivity index (χ3v) is 2.42. The van der Waals surface area contributed by atoms with Crippen molar-refractivity contribution in [2.24, 2.45) is 0 Å². The summed E-state index contributed by atoms with van der Waals surface area (Å²) < 4.78 is 0. The molecule has 1 aliphatic heterocycles. The van der Waals surface area contributed by atoms with Crippen molar-refractivity contribution in [1.82, 2.24) is 10.3 Å². The highest BCUT2D eigenvalue weighted by atomic mass is 14.9. The van der Waals surface area contributed by atoms with Crippen LogP contribution in [0.3, 0.4) is 0 Å². The van der Waals surface area contributed by atoms with Crippen molar-refractivity contribution in [3.8, 4) is 0 Å². The monoisotopic (exact) mass is 150 g/mol. The molecule has 0 aromatic carbocycles. The SMILES string of the molecule is CCC1NCCc2[nH]ccc21. The van der Waals surface area contributed by atoms with Gasteiger partial charge in [-0.1, -0.05) is 6.92 Å². The van der Waals surface area contributed by atoms with Crippen LogP contribution in [0.4, 0.5) is 0 Å². The summed E-state index contributed by atoms with van der Waals surface area (Å²) in [5.41, 5.74) is 2.90. The Bertz CT molecular complexity index is 239. The van der Waals surface area contributed by atoms with E-state index >= 15 is 0 Å². The van der Waals surface area contributed by atoms with Crippen LogP contribution in [-0.4, -0.2) is 11.5 Å². The summed E-state index contributed by atoms with van der Waals surface area (Å²) in [6.07, 6.45) is 4.38. The first-order valence-electron chi connectivity index (χ1n) is 4.31. The Morgan fingerprint density at radius 2 is 2.55 bits per heavy atom. The molecule has 2 nitrogen and oxygen atoms in total. The number of H-pyrrole nitrogens is 1. The Labute approximate surface area is 67.0 Å². The fourth-order valence-corrected chi connectivity index (χ4v) is 1.80. The smallest absolute Gasteiger partial charge is 0.0335 e. The molecular formula is C9H14N2. The van der Waals surface area contributed by atoms with E-state index in [2.05, 4.69) is 23.3 Å². The van der Waals surface area contributed by atoms with Gasteiger partial charge >= 0.3 is 0 Å². The maximum Gasteiger partial charge on any atom is 0.0335 e. The molecule has 0 saturated carbocycles. The highest BCUT2D eigenvalue weighted by Crippen LogP contribution is 2.23. The molecule has 1 atom stereocenters. The highest BCUT2D eigenvalue weighted by molar-refractivity contribution is 5.26. The molecule has 0 aliphatic carbocycles. The van der Waals surface area contributed by atoms with E-state index in [4.69, 9.17) is 0 Å². The lowest BCUT2D eigenvalue weighted by Crippen LogP contribution is -2.28. The lowest BCUT2D eigenvalue weighted by Gasteiger charge is -2.22. The Kier molecular flexibility index (Phi) is 1.70. The minimum absolute atomic E-state index is 0.588. The molecule has 0 spiro atoms. The van der Waals surface area contributed by atoms with Gasteiger partial charge in [-0.15, -0.1) is 0 Å². The molecule has 11 heavy (non-hydrogen) atoms. The molecule has 60 valence electrons. The van der Waals surface area contributed by atoms with E-state index in [1.54, 1.807) is 0 Å². The Hall–Kier alpha value is -0.760. The minimum atomic E-state index is 0.588. The van der Waals surface area contributed by atoms with E-state index in [1.165, 1.54) is 17.7 Å². The highest BCUT2D eigenvalue weighted by Gasteiger charge is 2.17. The fraction of sp³-hybridized carbons (Fsp3) is 0.556. The van der Waals surface area contributed by atoms with Crippen LogP contribution in [0.1, 0.15) is 30.6 Å². The lowest BCUT2D eigenvalue weighted by atomic mass is 10.00. The molecule has 2 heterocycles. The van der Waals surface area contributed by atoms with Crippen molar-refractivity contribution in [3.05, 3.63) is 23.5 Å². The quantitative estimate of drug-likeness (QED) is 0.625. The van der Waals surface area contributed by atoms with Gasteiger partial charge in [0.1, 0.15) is 0 Å². The van der Waals surface area contributed by atoms with Gasteiger partial charge in [0.25, 0.3) is 0 Å². The van der Waals surface area contributed by atoms with Crippen LogP contribution in [0.25, 0.3) is 0 Å². The van der Waals surface area contributed by atoms with Crippen molar-refractivity contribution < 1.29 is 0 Å². The van der Waals surface area contributed by atoms with Crippen molar-refractivity contribution in [1.29, 1.82) is 0 Å². The summed E-state index contributed by atoms with van der Waals surface area (Å²) in [6.45, 7) is 3.34. The molecule has 2 rings (SSSR count). The summed E-state index contributed by atoms with van der Waals surface area (Å²) in [4.78, 5) is 3.28. The second kappa shape index (κ2) is 2.70. The van der Waals surface area contributed by atoms with E-state index in [1.807, 2.05) is 6.20 Å². The number of aromatic nitrogens is 1. The molecule has 1 aliphatic rings. The zero-order valence-electron chi connectivity index (χ0n) is 6.85. The van der Waals surface area contributed by atoms with Crippen LogP contribution in [0.5, 0.6) is 0 Å². The zero-order chi connectivity index (χ0) is 7.68. The third-order valence-electron chi connectivity index (χ3n) is 2.42. The zero-order valence-corrected chi connectivity index (χ0v) is 6.85. The molecule has 0 fully saturated rings. The number of hydrogen-bond acceptors (Lipinski definition) is 1. The first kappa shape index (κ1) is 6.92. The van der Waals surface area contributed by atoms with Crippen LogP contribution >= 0.6 is 0 Å². The molecule has 0 radical (unpaired) electrons. The molecule has 1 aromatic heterocycles. The fourth-order valence-electron chi connectivity index (χ4n) is 1.80. The summed E-state index contributed by atoms with van der Waals surface area (Å²) in [5.74, 6) is 0. The normalized spacial score (nSPS) is 23.2. The number of hydrogen-bond donors (Lipinski definition) is 2. The molecule has 0 amide bonds. The Morgan fingerprint density at radius 1 is 1.64 bits per heavy atom. The van der Waals surface area contributed by atoms with Crippen LogP contribution in [-0.2, 0) is 6.42 Å². The minimum Gasteiger partial charge on any atom is -0.365 e. The first-order chi connectivity index (χ1) is 5.42. The van der Waals surface area contributed by atoms with E-state index in [9.17, 15) is 0 Å². The summed E-state index contributed by atoms with van der Waals surface area (Å²) in [7, 11) is 0. The average Bonchev–Trinajstić information content (AvgIpc) is 2.50. The van der Waals surface area contributed by atoms with E-state index in [0.29, 0.717) is 6.04 Å². The van der Waals surface area contributed by atoms with Gasteiger partial charge in [0.2, 0.25) is 0 Å². The van der Waals surface area contributed by atoms with Gasteiger partial charge in [-0.2, -0.15) is 0 Å².